The third-order valence-corrected chi connectivity index (χ3v) is 8.56. The first-order chi connectivity index (χ1) is 15.1. The highest BCUT2D eigenvalue weighted by Gasteiger charge is 2.33. The molecule has 0 amide bonds. The van der Waals surface area contributed by atoms with Crippen LogP contribution in [0.3, 0.4) is 0 Å². The summed E-state index contributed by atoms with van der Waals surface area (Å²) in [5.41, 5.74) is 8.89. The fourth-order valence-corrected chi connectivity index (χ4v) is 6.89. The lowest BCUT2D eigenvalue weighted by Crippen LogP contribution is -2.22. The number of fused-ring (bicyclic) bond motifs is 3. The molecule has 3 heterocycles. The number of rotatable bonds is 3. The van der Waals surface area contributed by atoms with E-state index in [2.05, 4.69) is 57.2 Å². The lowest BCUT2D eigenvalue weighted by molar-refractivity contribution is 0.632. The van der Waals surface area contributed by atoms with Gasteiger partial charge in [0.25, 0.3) is 0 Å². The summed E-state index contributed by atoms with van der Waals surface area (Å²) in [6.45, 7) is 6.39. The Hall–Kier alpha value is -3.29. The van der Waals surface area contributed by atoms with Crippen LogP contribution in [0.15, 0.2) is 86.0 Å². The first kappa shape index (κ1) is 18.5. The van der Waals surface area contributed by atoms with Crippen molar-refractivity contribution in [2.24, 2.45) is 0 Å². The van der Waals surface area contributed by atoms with E-state index in [0.717, 1.165) is 66.1 Å². The number of benzene rings is 3. The van der Waals surface area contributed by atoms with Gasteiger partial charge in [-0.1, -0.05) is 54.6 Å². The summed E-state index contributed by atoms with van der Waals surface area (Å²) in [4.78, 5) is 0. The standard InChI is InChI=1S/C27H21O3P/c1-16-19-10-4-7-13-22(19)28-25(16)31(26-17(2)20-11-5-8-14-23(20)29-26)27-18(3)21-12-6-9-15-24(21)30-27/h4-15H,1-3H3. The molecule has 0 aliphatic carbocycles. The summed E-state index contributed by atoms with van der Waals surface area (Å²) in [5, 5.41) is 3.40. The minimum atomic E-state index is -1.15. The van der Waals surface area contributed by atoms with Crippen molar-refractivity contribution >= 4 is 57.3 Å². The molecule has 0 radical (unpaired) electrons. The van der Waals surface area contributed by atoms with Gasteiger partial charge in [0, 0.05) is 32.8 Å². The van der Waals surface area contributed by atoms with Gasteiger partial charge in [-0.05, 0) is 39.0 Å². The normalized spacial score (nSPS) is 12.0. The predicted octanol–water partition coefficient (Wildman–Crippen LogP) is 6.61. The van der Waals surface area contributed by atoms with E-state index in [1.807, 2.05) is 36.4 Å². The van der Waals surface area contributed by atoms with E-state index in [9.17, 15) is 0 Å². The highest BCUT2D eigenvalue weighted by molar-refractivity contribution is 7.79. The largest absolute Gasteiger partial charge is 0.455 e. The lowest BCUT2D eigenvalue weighted by atomic mass is 10.2. The molecule has 6 aromatic rings. The fraction of sp³-hybridized carbons (Fsp3) is 0.111. The zero-order valence-corrected chi connectivity index (χ0v) is 18.5. The first-order valence-corrected chi connectivity index (χ1v) is 11.7. The molecule has 0 atom stereocenters. The molecule has 0 unspecified atom stereocenters. The number of furan rings is 3. The highest BCUT2D eigenvalue weighted by Crippen LogP contribution is 2.43. The second-order valence-electron chi connectivity index (χ2n) is 7.92. The first-order valence-electron chi connectivity index (χ1n) is 10.4. The van der Waals surface area contributed by atoms with Crippen LogP contribution in [0.4, 0.5) is 0 Å². The minimum Gasteiger partial charge on any atom is -0.455 e. The van der Waals surface area contributed by atoms with Gasteiger partial charge in [-0.25, -0.2) is 0 Å². The van der Waals surface area contributed by atoms with Gasteiger partial charge >= 0.3 is 0 Å². The number of para-hydroxylation sites is 3. The van der Waals surface area contributed by atoms with Crippen LogP contribution in [-0.4, -0.2) is 0 Å². The average Bonchev–Trinajstić information content (AvgIpc) is 3.43. The van der Waals surface area contributed by atoms with Crippen molar-refractivity contribution in [3.63, 3.8) is 0 Å². The van der Waals surface area contributed by atoms with Gasteiger partial charge in [0.15, 0.2) is 0 Å². The maximum absolute atomic E-state index is 6.48. The molecular weight excluding hydrogens is 403 g/mol. The van der Waals surface area contributed by atoms with E-state index in [1.165, 1.54) is 0 Å². The Labute approximate surface area is 181 Å². The number of hydrogen-bond acceptors (Lipinski definition) is 3. The molecule has 152 valence electrons. The number of aryl methyl sites for hydroxylation is 3. The van der Waals surface area contributed by atoms with Crippen molar-refractivity contribution in [1.29, 1.82) is 0 Å². The molecule has 0 saturated carbocycles. The molecule has 6 rings (SSSR count). The van der Waals surface area contributed by atoms with Gasteiger partial charge < -0.3 is 13.3 Å². The summed E-state index contributed by atoms with van der Waals surface area (Å²) in [6, 6.07) is 24.6. The second kappa shape index (κ2) is 6.87. The van der Waals surface area contributed by atoms with Crippen molar-refractivity contribution in [3.05, 3.63) is 89.5 Å². The number of hydrogen-bond donors (Lipinski definition) is 0. The summed E-state index contributed by atoms with van der Waals surface area (Å²) in [7, 11) is -1.15. The van der Waals surface area contributed by atoms with E-state index >= 15 is 0 Å². The highest BCUT2D eigenvalue weighted by atomic mass is 31.1. The molecule has 0 N–H and O–H groups in total. The summed E-state index contributed by atoms with van der Waals surface area (Å²) in [5.74, 6) is 0. The van der Waals surface area contributed by atoms with E-state index in [0.29, 0.717) is 0 Å². The topological polar surface area (TPSA) is 39.4 Å². The van der Waals surface area contributed by atoms with Gasteiger partial charge in [-0.2, -0.15) is 0 Å². The quantitative estimate of drug-likeness (QED) is 0.300. The van der Waals surface area contributed by atoms with Gasteiger partial charge in [0.05, 0.1) is 0 Å². The van der Waals surface area contributed by atoms with Crippen LogP contribution in [0.1, 0.15) is 16.7 Å². The molecule has 3 aromatic carbocycles. The Bertz CT molecular complexity index is 1390. The van der Waals surface area contributed by atoms with Crippen LogP contribution in [0.2, 0.25) is 0 Å². The van der Waals surface area contributed by atoms with Crippen molar-refractivity contribution in [2.45, 2.75) is 20.8 Å². The Morgan fingerprint density at radius 1 is 0.452 bits per heavy atom. The molecule has 0 aliphatic heterocycles. The lowest BCUT2D eigenvalue weighted by Gasteiger charge is -2.13. The third kappa shape index (κ3) is 2.70. The second-order valence-corrected chi connectivity index (χ2v) is 9.81. The Morgan fingerprint density at radius 3 is 1.03 bits per heavy atom. The molecule has 0 bridgehead atoms. The maximum atomic E-state index is 6.48. The van der Waals surface area contributed by atoms with Crippen LogP contribution in [0, 0.1) is 20.8 Å². The van der Waals surface area contributed by atoms with Crippen molar-refractivity contribution in [1.82, 2.24) is 0 Å². The molecular formula is C27H21O3P. The van der Waals surface area contributed by atoms with E-state index < -0.39 is 7.92 Å². The van der Waals surface area contributed by atoms with Gasteiger partial charge in [-0.3, -0.25) is 0 Å². The monoisotopic (exact) mass is 424 g/mol. The summed E-state index contributed by atoms with van der Waals surface area (Å²) < 4.78 is 19.4. The van der Waals surface area contributed by atoms with Gasteiger partial charge in [-0.15, -0.1) is 0 Å². The molecule has 31 heavy (non-hydrogen) atoms. The zero-order chi connectivity index (χ0) is 21.1. The van der Waals surface area contributed by atoms with Crippen molar-refractivity contribution in [3.8, 4) is 0 Å². The van der Waals surface area contributed by atoms with Crippen LogP contribution < -0.4 is 16.5 Å². The Kier molecular flexibility index (Phi) is 4.09. The van der Waals surface area contributed by atoms with Gasteiger partial charge in [0.1, 0.15) is 41.2 Å². The molecule has 3 nitrogen and oxygen atoms in total. The molecule has 0 aliphatic rings. The minimum absolute atomic E-state index is 0.894. The predicted molar refractivity (Wildman–Crippen MR) is 129 cm³/mol. The van der Waals surface area contributed by atoms with Crippen molar-refractivity contribution < 1.29 is 13.3 Å². The van der Waals surface area contributed by atoms with Crippen LogP contribution >= 0.6 is 7.92 Å². The maximum Gasteiger partial charge on any atom is 0.145 e. The van der Waals surface area contributed by atoms with Crippen LogP contribution in [-0.2, 0) is 0 Å². The van der Waals surface area contributed by atoms with E-state index in [4.69, 9.17) is 13.3 Å². The Balaban J connectivity index is 1.70. The third-order valence-electron chi connectivity index (χ3n) is 6.06. The van der Waals surface area contributed by atoms with E-state index in [1.54, 1.807) is 0 Å². The summed E-state index contributed by atoms with van der Waals surface area (Å²) >= 11 is 0. The van der Waals surface area contributed by atoms with E-state index in [-0.39, 0.29) is 0 Å². The summed E-state index contributed by atoms with van der Waals surface area (Å²) in [6.07, 6.45) is 0. The van der Waals surface area contributed by atoms with Crippen molar-refractivity contribution in [2.75, 3.05) is 0 Å². The average molecular weight is 424 g/mol. The molecule has 4 heteroatoms. The van der Waals surface area contributed by atoms with Crippen LogP contribution in [0.5, 0.6) is 0 Å². The zero-order valence-electron chi connectivity index (χ0n) is 17.6. The molecule has 0 spiro atoms. The smallest absolute Gasteiger partial charge is 0.145 e. The molecule has 0 saturated heterocycles. The van der Waals surface area contributed by atoms with Crippen LogP contribution in [0.25, 0.3) is 32.9 Å². The molecule has 3 aromatic heterocycles. The Morgan fingerprint density at radius 2 is 0.742 bits per heavy atom. The van der Waals surface area contributed by atoms with Gasteiger partial charge in [0.2, 0.25) is 0 Å². The fourth-order valence-electron chi connectivity index (χ4n) is 4.40. The molecule has 0 fully saturated rings. The SMILES string of the molecule is Cc1c(P(c2oc3ccccc3c2C)c2oc3ccccc3c2C)oc2ccccc12.